The quantitative estimate of drug-likeness (QED) is 0.787. The van der Waals surface area contributed by atoms with E-state index < -0.39 is 0 Å². The van der Waals surface area contributed by atoms with E-state index in [1.165, 1.54) is 0 Å². The third kappa shape index (κ3) is 2.52. The van der Waals surface area contributed by atoms with Crippen molar-refractivity contribution in [1.29, 1.82) is 0 Å². The average molecular weight is 261 g/mol. The van der Waals surface area contributed by atoms with Gasteiger partial charge in [0.2, 0.25) is 0 Å². The molecule has 1 atom stereocenters. The van der Waals surface area contributed by atoms with E-state index in [-0.39, 0.29) is 11.6 Å². The Morgan fingerprint density at radius 2 is 1.84 bits per heavy atom. The largest absolute Gasteiger partial charge is 0.375 e. The lowest BCUT2D eigenvalue weighted by Gasteiger charge is -2.16. The summed E-state index contributed by atoms with van der Waals surface area (Å²) in [6, 6.07) is -0.133. The van der Waals surface area contributed by atoms with Gasteiger partial charge in [-0.1, -0.05) is 0 Å². The minimum absolute atomic E-state index is 0.0937. The summed E-state index contributed by atoms with van der Waals surface area (Å²) in [7, 11) is 0. The summed E-state index contributed by atoms with van der Waals surface area (Å²) in [5.41, 5.74) is 4.10. The van der Waals surface area contributed by atoms with E-state index in [9.17, 15) is 4.79 Å². The second kappa shape index (κ2) is 4.87. The molecule has 0 bridgehead atoms. The molecular weight excluding hydrogens is 242 g/mol. The van der Waals surface area contributed by atoms with Gasteiger partial charge in [0.15, 0.2) is 0 Å². The molecule has 0 spiro atoms. The number of hydrogen-bond acceptors (Lipinski definition) is 4. The van der Waals surface area contributed by atoms with Crippen molar-refractivity contribution in [2.45, 2.75) is 40.7 Å². The number of anilines is 1. The van der Waals surface area contributed by atoms with Gasteiger partial charge in [0.05, 0.1) is 34.4 Å². The Morgan fingerprint density at radius 3 is 2.37 bits per heavy atom. The number of hydrogen-bond donors (Lipinski definition) is 3. The van der Waals surface area contributed by atoms with Crippen LogP contribution in [0.25, 0.3) is 0 Å². The first-order valence-corrected chi connectivity index (χ1v) is 6.25. The Balaban J connectivity index is 2.36. The van der Waals surface area contributed by atoms with Crippen LogP contribution in [0.4, 0.5) is 5.69 Å². The summed E-state index contributed by atoms with van der Waals surface area (Å²) in [6.07, 6.45) is 0. The highest BCUT2D eigenvalue weighted by molar-refractivity contribution is 5.53. The van der Waals surface area contributed by atoms with Crippen LogP contribution in [0.1, 0.15) is 41.4 Å². The molecule has 1 unspecified atom stereocenters. The highest BCUT2D eigenvalue weighted by Crippen LogP contribution is 2.22. The highest BCUT2D eigenvalue weighted by atomic mass is 16.1. The molecule has 0 saturated heterocycles. The normalized spacial score (nSPS) is 12.5. The van der Waals surface area contributed by atoms with Gasteiger partial charge in [-0.2, -0.15) is 5.10 Å². The van der Waals surface area contributed by atoms with Crippen LogP contribution in [0.2, 0.25) is 0 Å². The van der Waals surface area contributed by atoms with Gasteiger partial charge in [-0.25, -0.2) is 4.98 Å². The lowest BCUT2D eigenvalue weighted by Crippen LogP contribution is -2.23. The maximum atomic E-state index is 12.0. The zero-order valence-electron chi connectivity index (χ0n) is 11.9. The van der Waals surface area contributed by atoms with Crippen LogP contribution in [-0.2, 0) is 0 Å². The summed E-state index contributed by atoms with van der Waals surface area (Å²) >= 11 is 0. The summed E-state index contributed by atoms with van der Waals surface area (Å²) < 4.78 is 0. The number of aryl methyl sites for hydroxylation is 4. The third-order valence-electron chi connectivity index (χ3n) is 3.19. The Kier molecular flexibility index (Phi) is 3.42. The van der Waals surface area contributed by atoms with Gasteiger partial charge in [-0.05, 0) is 34.6 Å². The molecule has 0 aliphatic carbocycles. The summed E-state index contributed by atoms with van der Waals surface area (Å²) in [4.78, 5) is 19.1. The molecule has 0 radical (unpaired) electrons. The van der Waals surface area contributed by atoms with Crippen molar-refractivity contribution in [1.82, 2.24) is 20.2 Å². The van der Waals surface area contributed by atoms with E-state index in [4.69, 9.17) is 0 Å². The van der Waals surface area contributed by atoms with E-state index in [1.807, 2.05) is 27.7 Å². The molecule has 0 aliphatic heterocycles. The zero-order valence-corrected chi connectivity index (χ0v) is 11.9. The van der Waals surface area contributed by atoms with Crippen LogP contribution in [0, 0.1) is 27.7 Å². The second-order valence-corrected chi connectivity index (χ2v) is 4.83. The van der Waals surface area contributed by atoms with E-state index in [1.54, 1.807) is 6.92 Å². The van der Waals surface area contributed by atoms with Crippen molar-refractivity contribution < 1.29 is 0 Å². The fraction of sp³-hybridized carbons (Fsp3) is 0.462. The molecule has 2 aromatic rings. The lowest BCUT2D eigenvalue weighted by molar-refractivity contribution is 0.812. The fourth-order valence-electron chi connectivity index (χ4n) is 2.30. The minimum atomic E-state index is -0.133. The molecule has 0 aromatic carbocycles. The molecule has 102 valence electrons. The number of rotatable bonds is 3. The monoisotopic (exact) mass is 261 g/mol. The Labute approximate surface area is 111 Å². The maximum Gasteiger partial charge on any atom is 0.256 e. The lowest BCUT2D eigenvalue weighted by atomic mass is 10.1. The minimum Gasteiger partial charge on any atom is -0.375 e. The van der Waals surface area contributed by atoms with Crippen LogP contribution in [0.5, 0.6) is 0 Å². The first-order chi connectivity index (χ1) is 8.90. The molecule has 3 N–H and O–H groups in total. The van der Waals surface area contributed by atoms with Crippen molar-refractivity contribution in [3.63, 3.8) is 0 Å². The number of aromatic nitrogens is 4. The molecule has 6 nitrogen and oxygen atoms in total. The van der Waals surface area contributed by atoms with E-state index in [0.717, 1.165) is 22.8 Å². The van der Waals surface area contributed by atoms with Crippen LogP contribution < -0.4 is 10.9 Å². The Bertz CT molecular complexity index is 636. The molecule has 19 heavy (non-hydrogen) atoms. The number of nitrogens with one attached hydrogen (secondary N) is 3. The molecule has 0 aliphatic rings. The first-order valence-electron chi connectivity index (χ1n) is 6.25. The summed E-state index contributed by atoms with van der Waals surface area (Å²) in [5.74, 6) is 0.633. The molecule has 0 saturated carbocycles. The number of aromatic amines is 2. The highest BCUT2D eigenvalue weighted by Gasteiger charge is 2.17. The van der Waals surface area contributed by atoms with Crippen molar-refractivity contribution in [3.05, 3.63) is 38.8 Å². The van der Waals surface area contributed by atoms with E-state index in [2.05, 4.69) is 25.5 Å². The standard InChI is InChI=1S/C13H19N5O/c1-6-11(13(19)16-10(5)14-6)7(2)15-12-8(3)17-18-9(12)4/h7,15H,1-5H3,(H,17,18)(H,14,16,19). The molecule has 0 fully saturated rings. The van der Waals surface area contributed by atoms with Crippen LogP contribution >= 0.6 is 0 Å². The topological polar surface area (TPSA) is 86.5 Å². The molecule has 2 aromatic heterocycles. The first kappa shape index (κ1) is 13.3. The maximum absolute atomic E-state index is 12.0. The summed E-state index contributed by atoms with van der Waals surface area (Å²) in [5, 5.41) is 10.4. The number of nitrogens with zero attached hydrogens (tertiary/aromatic N) is 2. The van der Waals surface area contributed by atoms with Crippen molar-refractivity contribution in [3.8, 4) is 0 Å². The van der Waals surface area contributed by atoms with Crippen molar-refractivity contribution >= 4 is 5.69 Å². The van der Waals surface area contributed by atoms with Crippen LogP contribution in [0.15, 0.2) is 4.79 Å². The third-order valence-corrected chi connectivity index (χ3v) is 3.19. The van der Waals surface area contributed by atoms with Gasteiger partial charge in [0.25, 0.3) is 5.56 Å². The second-order valence-electron chi connectivity index (χ2n) is 4.83. The van der Waals surface area contributed by atoms with Gasteiger partial charge in [-0.3, -0.25) is 9.89 Å². The van der Waals surface area contributed by atoms with Crippen molar-refractivity contribution in [2.24, 2.45) is 0 Å². The molecule has 2 heterocycles. The van der Waals surface area contributed by atoms with Gasteiger partial charge in [0, 0.05) is 0 Å². The predicted molar refractivity (Wildman–Crippen MR) is 74.4 cm³/mol. The SMILES string of the molecule is Cc1nc(C)c(C(C)Nc2c(C)n[nH]c2C)c(=O)[nH]1. The van der Waals surface area contributed by atoms with Crippen molar-refractivity contribution in [2.75, 3.05) is 5.32 Å². The smallest absolute Gasteiger partial charge is 0.256 e. The van der Waals surface area contributed by atoms with Gasteiger partial charge in [-0.15, -0.1) is 0 Å². The van der Waals surface area contributed by atoms with Crippen LogP contribution in [0.3, 0.4) is 0 Å². The molecule has 2 rings (SSSR count). The Hall–Kier alpha value is -2.11. The van der Waals surface area contributed by atoms with Crippen LogP contribution in [-0.4, -0.2) is 20.2 Å². The Morgan fingerprint density at radius 1 is 1.16 bits per heavy atom. The van der Waals surface area contributed by atoms with E-state index >= 15 is 0 Å². The molecular formula is C13H19N5O. The van der Waals surface area contributed by atoms with E-state index in [0.29, 0.717) is 11.4 Å². The van der Waals surface area contributed by atoms with Gasteiger partial charge < -0.3 is 10.3 Å². The predicted octanol–water partition coefficient (Wildman–Crippen LogP) is 1.90. The average Bonchev–Trinajstić information content (AvgIpc) is 2.59. The number of H-pyrrole nitrogens is 2. The molecule has 0 amide bonds. The fourth-order valence-corrected chi connectivity index (χ4v) is 2.30. The summed E-state index contributed by atoms with van der Waals surface area (Å²) in [6.45, 7) is 9.44. The van der Waals surface area contributed by atoms with Gasteiger partial charge in [0.1, 0.15) is 5.82 Å². The zero-order chi connectivity index (χ0) is 14.2. The van der Waals surface area contributed by atoms with Gasteiger partial charge >= 0.3 is 0 Å². The molecule has 6 heteroatoms.